The molecule has 34 heavy (non-hydrogen) atoms. The Morgan fingerprint density at radius 3 is 2.62 bits per heavy atom. The van der Waals surface area contributed by atoms with Crippen LogP contribution in [0.15, 0.2) is 24.3 Å². The van der Waals surface area contributed by atoms with E-state index in [2.05, 4.69) is 4.72 Å². The van der Waals surface area contributed by atoms with Crippen LogP contribution >= 0.6 is 0 Å². The molecule has 1 aliphatic carbocycles. The highest BCUT2D eigenvalue weighted by atomic mass is 32.2. The summed E-state index contributed by atoms with van der Waals surface area (Å²) >= 11 is 0. The van der Waals surface area contributed by atoms with Gasteiger partial charge in [0.2, 0.25) is 0 Å². The molecule has 3 fully saturated rings. The minimum absolute atomic E-state index is 0.00731. The molecular formula is C23H34FN3O6S. The van der Waals surface area contributed by atoms with Gasteiger partial charge in [-0.25, -0.2) is 9.18 Å². The molecule has 1 amide bonds. The lowest BCUT2D eigenvalue weighted by Crippen LogP contribution is -2.54. The van der Waals surface area contributed by atoms with Gasteiger partial charge in [-0.15, -0.1) is 0 Å². The third kappa shape index (κ3) is 5.23. The molecule has 1 aromatic rings. The minimum atomic E-state index is -3.73. The smallest absolute Gasteiger partial charge is 0.410 e. The van der Waals surface area contributed by atoms with E-state index < -0.39 is 28.4 Å². The van der Waals surface area contributed by atoms with Gasteiger partial charge in [0.1, 0.15) is 5.82 Å². The SMILES string of the molecule is COC(=O)N1[C@@H]2COC[C@@H]2[C@H](NS(=O)(=O)N(C)C)[C@@H]1COC1CCC(c2cccc(F)c2)CC1. The van der Waals surface area contributed by atoms with Crippen LogP contribution < -0.4 is 4.72 Å². The predicted octanol–water partition coefficient (Wildman–Crippen LogP) is 2.10. The van der Waals surface area contributed by atoms with Crippen LogP contribution in [0.25, 0.3) is 0 Å². The van der Waals surface area contributed by atoms with E-state index in [1.54, 1.807) is 17.0 Å². The fraction of sp³-hybridized carbons (Fsp3) is 0.696. The van der Waals surface area contributed by atoms with Gasteiger partial charge in [-0.2, -0.15) is 17.4 Å². The van der Waals surface area contributed by atoms with Crippen LogP contribution in [0, 0.1) is 11.7 Å². The van der Waals surface area contributed by atoms with E-state index in [4.69, 9.17) is 14.2 Å². The van der Waals surface area contributed by atoms with Gasteiger partial charge >= 0.3 is 6.09 Å². The van der Waals surface area contributed by atoms with Crippen LogP contribution in [-0.2, 0) is 24.4 Å². The van der Waals surface area contributed by atoms with Crippen LogP contribution in [0.1, 0.15) is 37.2 Å². The quantitative estimate of drug-likeness (QED) is 0.617. The number of fused-ring (bicyclic) bond motifs is 1. The summed E-state index contributed by atoms with van der Waals surface area (Å²) in [6.45, 7) is 0.876. The number of likely N-dealkylation sites (tertiary alicyclic amines) is 1. The van der Waals surface area contributed by atoms with Gasteiger partial charge in [0.25, 0.3) is 10.2 Å². The van der Waals surface area contributed by atoms with E-state index in [1.165, 1.54) is 27.3 Å². The molecule has 11 heteroatoms. The maximum atomic E-state index is 13.6. The third-order valence-corrected chi connectivity index (χ3v) is 8.86. The Kier molecular flexibility index (Phi) is 7.78. The molecular weight excluding hydrogens is 465 g/mol. The Morgan fingerprint density at radius 1 is 1.24 bits per heavy atom. The lowest BCUT2D eigenvalue weighted by molar-refractivity contribution is -0.0138. The van der Waals surface area contributed by atoms with E-state index in [-0.39, 0.29) is 30.5 Å². The fourth-order valence-electron chi connectivity index (χ4n) is 5.45. The Balaban J connectivity index is 1.44. The van der Waals surface area contributed by atoms with E-state index in [9.17, 15) is 17.6 Å². The second-order valence-electron chi connectivity index (χ2n) is 9.51. The molecule has 0 aromatic heterocycles. The molecule has 4 rings (SSSR count). The summed E-state index contributed by atoms with van der Waals surface area (Å²) in [5.74, 6) is -0.114. The summed E-state index contributed by atoms with van der Waals surface area (Å²) in [5.41, 5.74) is 1.01. The van der Waals surface area contributed by atoms with Gasteiger partial charge < -0.3 is 14.2 Å². The van der Waals surface area contributed by atoms with E-state index in [0.29, 0.717) is 19.1 Å². The molecule has 0 unspecified atom stereocenters. The van der Waals surface area contributed by atoms with Crippen LogP contribution in [0.2, 0.25) is 0 Å². The number of rotatable bonds is 7. The first-order valence-electron chi connectivity index (χ1n) is 11.7. The number of benzene rings is 1. The Morgan fingerprint density at radius 2 is 1.97 bits per heavy atom. The summed E-state index contributed by atoms with van der Waals surface area (Å²) in [6, 6.07) is 5.41. The van der Waals surface area contributed by atoms with Crippen molar-refractivity contribution >= 4 is 16.3 Å². The highest BCUT2D eigenvalue weighted by molar-refractivity contribution is 7.87. The molecule has 0 radical (unpaired) electrons. The van der Waals surface area contributed by atoms with E-state index >= 15 is 0 Å². The Hall–Kier alpha value is -1.79. The van der Waals surface area contributed by atoms with Crippen LogP contribution in [0.3, 0.4) is 0 Å². The van der Waals surface area contributed by atoms with Gasteiger partial charge in [0.05, 0.1) is 51.2 Å². The highest BCUT2D eigenvalue weighted by Crippen LogP contribution is 2.38. The fourth-order valence-corrected chi connectivity index (χ4v) is 6.34. The number of carbonyl (C=O) groups is 1. The van der Waals surface area contributed by atoms with Crippen molar-refractivity contribution in [2.75, 3.05) is 41.0 Å². The second-order valence-corrected chi connectivity index (χ2v) is 11.4. The van der Waals surface area contributed by atoms with Gasteiger partial charge in [-0.05, 0) is 49.3 Å². The number of amides is 1. The first-order chi connectivity index (χ1) is 16.2. The third-order valence-electron chi connectivity index (χ3n) is 7.33. The van der Waals surface area contributed by atoms with Crippen molar-refractivity contribution in [3.8, 4) is 0 Å². The summed E-state index contributed by atoms with van der Waals surface area (Å²) in [6.07, 6.45) is 2.87. The number of carbonyl (C=O) groups excluding carboxylic acids is 1. The van der Waals surface area contributed by atoms with Gasteiger partial charge in [-0.1, -0.05) is 12.1 Å². The number of hydrogen-bond donors (Lipinski definition) is 1. The number of halogens is 1. The first kappa shape index (κ1) is 25.3. The van der Waals surface area contributed by atoms with Gasteiger partial charge in [0, 0.05) is 20.0 Å². The number of methoxy groups -OCH3 is 1. The van der Waals surface area contributed by atoms with Crippen molar-refractivity contribution in [1.82, 2.24) is 13.9 Å². The molecule has 190 valence electrons. The lowest BCUT2D eigenvalue weighted by Gasteiger charge is -2.34. The zero-order chi connectivity index (χ0) is 24.5. The summed E-state index contributed by atoms with van der Waals surface area (Å²) < 4.78 is 59.6. The molecule has 9 nitrogen and oxygen atoms in total. The van der Waals surface area contributed by atoms with Crippen molar-refractivity contribution < 1.29 is 31.8 Å². The monoisotopic (exact) mass is 499 g/mol. The van der Waals surface area contributed by atoms with E-state index in [1.807, 2.05) is 6.07 Å². The second kappa shape index (κ2) is 10.4. The molecule has 2 saturated heterocycles. The minimum Gasteiger partial charge on any atom is -0.453 e. The van der Waals surface area contributed by atoms with Crippen LogP contribution in [0.4, 0.5) is 9.18 Å². The maximum absolute atomic E-state index is 13.6. The average Bonchev–Trinajstić information content (AvgIpc) is 3.39. The number of nitrogens with zero attached hydrogens (tertiary/aromatic N) is 2. The zero-order valence-electron chi connectivity index (χ0n) is 19.9. The lowest BCUT2D eigenvalue weighted by atomic mass is 9.82. The van der Waals surface area contributed by atoms with Crippen molar-refractivity contribution in [2.45, 2.75) is 55.8 Å². The van der Waals surface area contributed by atoms with Crippen molar-refractivity contribution in [2.24, 2.45) is 5.92 Å². The van der Waals surface area contributed by atoms with Crippen LogP contribution in [-0.4, -0.2) is 89.0 Å². The number of nitrogens with one attached hydrogen (secondary N) is 1. The number of hydrogen-bond acceptors (Lipinski definition) is 6. The summed E-state index contributed by atoms with van der Waals surface area (Å²) in [5, 5.41) is 0. The molecule has 1 aromatic carbocycles. The molecule has 2 aliphatic heterocycles. The van der Waals surface area contributed by atoms with Gasteiger partial charge in [-0.3, -0.25) is 4.90 Å². The number of ether oxygens (including phenoxy) is 3. The molecule has 1 saturated carbocycles. The molecule has 0 bridgehead atoms. The average molecular weight is 500 g/mol. The molecule has 0 spiro atoms. The zero-order valence-corrected chi connectivity index (χ0v) is 20.7. The first-order valence-corrected chi connectivity index (χ1v) is 13.2. The van der Waals surface area contributed by atoms with E-state index in [0.717, 1.165) is 35.6 Å². The Labute approximate surface area is 200 Å². The topological polar surface area (TPSA) is 97.4 Å². The largest absolute Gasteiger partial charge is 0.453 e. The normalized spacial score (nSPS) is 31.6. The van der Waals surface area contributed by atoms with Crippen molar-refractivity contribution in [1.29, 1.82) is 0 Å². The standard InChI is InChI=1S/C23H34FN3O6S/c1-26(2)34(29,30)25-22-19-12-32-13-20(19)27(23(28)31-3)21(22)14-33-18-9-7-15(8-10-18)16-5-4-6-17(24)11-16/h4-6,11,15,18-22,25H,7-10,12-14H2,1-3H3/t15?,18?,19-,20+,21-,22-/m0/s1. The highest BCUT2D eigenvalue weighted by Gasteiger charge is 2.55. The van der Waals surface area contributed by atoms with Gasteiger partial charge in [0.15, 0.2) is 0 Å². The molecule has 2 heterocycles. The predicted molar refractivity (Wildman–Crippen MR) is 123 cm³/mol. The van der Waals surface area contributed by atoms with Crippen molar-refractivity contribution in [3.05, 3.63) is 35.6 Å². The maximum Gasteiger partial charge on any atom is 0.410 e. The molecule has 3 aliphatic rings. The Bertz CT molecular complexity index is 969. The van der Waals surface area contributed by atoms with Crippen molar-refractivity contribution in [3.63, 3.8) is 0 Å². The molecule has 4 atom stereocenters. The molecule has 1 N–H and O–H groups in total. The van der Waals surface area contributed by atoms with Crippen LogP contribution in [0.5, 0.6) is 0 Å². The summed E-state index contributed by atoms with van der Waals surface area (Å²) in [4.78, 5) is 14.2. The summed E-state index contributed by atoms with van der Waals surface area (Å²) in [7, 11) is 0.502.